The van der Waals surface area contributed by atoms with E-state index in [9.17, 15) is 0 Å². The van der Waals surface area contributed by atoms with Crippen molar-refractivity contribution in [3.05, 3.63) is 29.3 Å². The molecular formula is C15H20N2S. The second kappa shape index (κ2) is 4.32. The van der Waals surface area contributed by atoms with Crippen LogP contribution in [0.5, 0.6) is 0 Å². The van der Waals surface area contributed by atoms with E-state index in [1.807, 2.05) is 0 Å². The van der Waals surface area contributed by atoms with Crippen LogP contribution >= 0.6 is 11.3 Å². The number of aromatic nitrogens is 1. The van der Waals surface area contributed by atoms with Gasteiger partial charge in [0.2, 0.25) is 0 Å². The first-order valence-corrected chi connectivity index (χ1v) is 7.57. The van der Waals surface area contributed by atoms with E-state index in [2.05, 4.69) is 54.9 Å². The highest BCUT2D eigenvalue weighted by Crippen LogP contribution is 2.54. The van der Waals surface area contributed by atoms with Crippen molar-refractivity contribution < 1.29 is 0 Å². The molecule has 0 aliphatic heterocycles. The van der Waals surface area contributed by atoms with Crippen LogP contribution in [0.1, 0.15) is 38.2 Å². The van der Waals surface area contributed by atoms with Gasteiger partial charge in [0.25, 0.3) is 0 Å². The van der Waals surface area contributed by atoms with E-state index in [0.29, 0.717) is 17.4 Å². The molecule has 3 unspecified atom stereocenters. The zero-order chi connectivity index (χ0) is 12.8. The van der Waals surface area contributed by atoms with E-state index < -0.39 is 0 Å². The first-order valence-electron chi connectivity index (χ1n) is 6.69. The fraction of sp³-hybridized carbons (Fsp3) is 0.533. The van der Waals surface area contributed by atoms with Crippen molar-refractivity contribution >= 4 is 21.6 Å². The summed E-state index contributed by atoms with van der Waals surface area (Å²) < 4.78 is 1.32. The van der Waals surface area contributed by atoms with E-state index in [-0.39, 0.29) is 0 Å². The molecule has 96 valence electrons. The summed E-state index contributed by atoms with van der Waals surface area (Å²) in [6.07, 6.45) is 4.53. The Bertz CT molecular complexity index is 562. The molecule has 0 radical (unpaired) electrons. The molecule has 18 heavy (non-hydrogen) atoms. The van der Waals surface area contributed by atoms with Gasteiger partial charge in [0.15, 0.2) is 0 Å². The second-order valence-corrected chi connectivity index (χ2v) is 6.51. The molecule has 1 aliphatic rings. The molecule has 3 heteroatoms. The van der Waals surface area contributed by atoms with Crippen molar-refractivity contribution in [1.29, 1.82) is 0 Å². The third kappa shape index (κ3) is 1.61. The predicted octanol–water partition coefficient (Wildman–Crippen LogP) is 3.79. The summed E-state index contributed by atoms with van der Waals surface area (Å²) in [6, 6.07) is 5.09. The van der Waals surface area contributed by atoms with Crippen molar-refractivity contribution in [3.63, 3.8) is 0 Å². The predicted molar refractivity (Wildman–Crippen MR) is 78.2 cm³/mol. The van der Waals surface area contributed by atoms with Gasteiger partial charge in [-0.1, -0.05) is 13.8 Å². The van der Waals surface area contributed by atoms with E-state index in [1.165, 1.54) is 23.1 Å². The number of nitrogens with one attached hydrogen (secondary N) is 1. The van der Waals surface area contributed by atoms with Gasteiger partial charge < -0.3 is 5.32 Å². The number of hydrogen-bond donors (Lipinski definition) is 1. The van der Waals surface area contributed by atoms with E-state index in [4.69, 9.17) is 0 Å². The van der Waals surface area contributed by atoms with Gasteiger partial charge in [-0.2, -0.15) is 0 Å². The van der Waals surface area contributed by atoms with Crippen molar-refractivity contribution in [2.75, 3.05) is 7.05 Å². The van der Waals surface area contributed by atoms with Gasteiger partial charge in [-0.05, 0) is 54.3 Å². The average molecular weight is 260 g/mol. The molecule has 3 rings (SSSR count). The molecule has 1 fully saturated rings. The lowest BCUT2D eigenvalue weighted by molar-refractivity contribution is 0.0494. The first kappa shape index (κ1) is 12.1. The van der Waals surface area contributed by atoms with Crippen molar-refractivity contribution in [2.24, 2.45) is 5.41 Å². The molecule has 1 saturated carbocycles. The summed E-state index contributed by atoms with van der Waals surface area (Å²) in [7, 11) is 2.08. The summed E-state index contributed by atoms with van der Waals surface area (Å²) in [5.74, 6) is 0.652. The Labute approximate surface area is 112 Å². The number of hydrogen-bond acceptors (Lipinski definition) is 3. The van der Waals surface area contributed by atoms with Gasteiger partial charge in [0, 0.05) is 12.2 Å². The molecule has 0 saturated heterocycles. The number of pyridine rings is 1. The quantitative estimate of drug-likeness (QED) is 0.908. The van der Waals surface area contributed by atoms with Crippen LogP contribution in [0.4, 0.5) is 0 Å². The smallest absolute Gasteiger partial charge is 0.0809 e. The summed E-state index contributed by atoms with van der Waals surface area (Å²) in [4.78, 5) is 4.58. The molecule has 2 heterocycles. The highest BCUT2D eigenvalue weighted by Gasteiger charge is 2.50. The van der Waals surface area contributed by atoms with Crippen LogP contribution in [0.3, 0.4) is 0 Å². The minimum absolute atomic E-state index is 0.376. The summed E-state index contributed by atoms with van der Waals surface area (Å²) >= 11 is 1.79. The molecule has 0 aromatic carbocycles. The second-order valence-electron chi connectivity index (χ2n) is 5.56. The molecule has 2 aromatic heterocycles. The maximum Gasteiger partial charge on any atom is 0.0809 e. The third-order valence-corrected chi connectivity index (χ3v) is 5.75. The highest BCUT2D eigenvalue weighted by molar-refractivity contribution is 7.17. The molecule has 0 amide bonds. The molecule has 2 nitrogen and oxygen atoms in total. The van der Waals surface area contributed by atoms with Crippen molar-refractivity contribution in [2.45, 2.75) is 38.6 Å². The fourth-order valence-corrected chi connectivity index (χ4v) is 4.16. The molecule has 2 aromatic rings. The topological polar surface area (TPSA) is 24.9 Å². The van der Waals surface area contributed by atoms with Gasteiger partial charge >= 0.3 is 0 Å². The Morgan fingerprint density at radius 3 is 3.11 bits per heavy atom. The zero-order valence-electron chi connectivity index (χ0n) is 11.2. The molecule has 0 bridgehead atoms. The van der Waals surface area contributed by atoms with Crippen LogP contribution in [0.2, 0.25) is 0 Å². The standard InChI is InChI=1S/C15H20N2S/c1-4-15(2)11(8-14(15)16-3)10-7-13-12(17-9-10)5-6-18-13/h5-7,9,11,14,16H,4,8H2,1-3H3. The van der Waals surface area contributed by atoms with Gasteiger partial charge in [-0.3, -0.25) is 4.98 Å². The van der Waals surface area contributed by atoms with Crippen molar-refractivity contribution in [3.8, 4) is 0 Å². The first-order chi connectivity index (χ1) is 8.69. The van der Waals surface area contributed by atoms with Crippen LogP contribution in [0, 0.1) is 5.41 Å². The highest BCUT2D eigenvalue weighted by atomic mass is 32.1. The third-order valence-electron chi connectivity index (χ3n) is 4.90. The lowest BCUT2D eigenvalue weighted by atomic mass is 9.54. The lowest BCUT2D eigenvalue weighted by Gasteiger charge is -2.54. The molecule has 0 spiro atoms. The normalized spacial score (nSPS) is 31.5. The molecule has 3 atom stereocenters. The van der Waals surface area contributed by atoms with Gasteiger partial charge in [0.1, 0.15) is 0 Å². The van der Waals surface area contributed by atoms with Crippen LogP contribution in [0.15, 0.2) is 23.7 Å². The Hall–Kier alpha value is -0.930. The Kier molecular flexibility index (Phi) is 2.91. The van der Waals surface area contributed by atoms with Crippen LogP contribution in [-0.2, 0) is 0 Å². The van der Waals surface area contributed by atoms with Gasteiger partial charge in [-0.25, -0.2) is 0 Å². The summed E-state index contributed by atoms with van der Waals surface area (Å²) in [5.41, 5.74) is 2.92. The number of nitrogens with zero attached hydrogens (tertiary/aromatic N) is 1. The minimum atomic E-state index is 0.376. The maximum absolute atomic E-state index is 4.58. The monoisotopic (exact) mass is 260 g/mol. The lowest BCUT2D eigenvalue weighted by Crippen LogP contribution is -2.55. The Morgan fingerprint density at radius 2 is 2.39 bits per heavy atom. The number of rotatable bonds is 3. The van der Waals surface area contributed by atoms with Crippen LogP contribution < -0.4 is 5.32 Å². The number of thiophene rings is 1. The largest absolute Gasteiger partial charge is 0.316 e. The van der Waals surface area contributed by atoms with E-state index in [0.717, 1.165) is 5.52 Å². The minimum Gasteiger partial charge on any atom is -0.316 e. The van der Waals surface area contributed by atoms with Gasteiger partial charge in [-0.15, -0.1) is 11.3 Å². The molecular weight excluding hydrogens is 240 g/mol. The molecule has 1 aliphatic carbocycles. The average Bonchev–Trinajstić information content (AvgIpc) is 2.84. The zero-order valence-corrected chi connectivity index (χ0v) is 12.1. The number of fused-ring (bicyclic) bond motifs is 1. The van der Waals surface area contributed by atoms with Crippen molar-refractivity contribution in [1.82, 2.24) is 10.3 Å². The summed E-state index contributed by atoms with van der Waals surface area (Å²) in [5, 5.41) is 5.58. The van der Waals surface area contributed by atoms with Crippen LogP contribution in [0.25, 0.3) is 10.2 Å². The van der Waals surface area contributed by atoms with E-state index >= 15 is 0 Å². The molecule has 1 N–H and O–H groups in total. The summed E-state index contributed by atoms with van der Waals surface area (Å²) in [6.45, 7) is 4.70. The Morgan fingerprint density at radius 1 is 1.56 bits per heavy atom. The maximum atomic E-state index is 4.58. The SMILES string of the molecule is CCC1(C)C(NC)CC1c1cnc2ccsc2c1. The van der Waals surface area contributed by atoms with Crippen LogP contribution in [-0.4, -0.2) is 18.1 Å². The Balaban J connectivity index is 1.95. The fourth-order valence-electron chi connectivity index (χ4n) is 3.37. The van der Waals surface area contributed by atoms with Gasteiger partial charge in [0.05, 0.1) is 10.2 Å². The van der Waals surface area contributed by atoms with E-state index in [1.54, 1.807) is 11.3 Å².